The molecular formula is C26H34N2O3. The third kappa shape index (κ3) is 3.32. The van der Waals surface area contributed by atoms with E-state index in [4.69, 9.17) is 4.74 Å². The summed E-state index contributed by atoms with van der Waals surface area (Å²) in [6, 6.07) is 4.37. The van der Waals surface area contributed by atoms with Gasteiger partial charge >= 0.3 is 5.97 Å². The van der Waals surface area contributed by atoms with Gasteiger partial charge in [0.05, 0.1) is 12.1 Å². The van der Waals surface area contributed by atoms with Crippen molar-refractivity contribution in [1.29, 1.82) is 10.5 Å². The van der Waals surface area contributed by atoms with Crippen molar-refractivity contribution < 1.29 is 14.3 Å². The molecule has 0 N–H and O–H groups in total. The number of Topliss-reactive ketones (excluding diaryl/α,β-unsaturated/α-hetero) is 1. The highest BCUT2D eigenvalue weighted by Gasteiger charge is 2.63. The van der Waals surface area contributed by atoms with E-state index in [0.717, 1.165) is 44.9 Å². The Kier molecular flexibility index (Phi) is 5.53. The molecular weight excluding hydrogens is 388 g/mol. The first-order chi connectivity index (χ1) is 14.7. The van der Waals surface area contributed by atoms with E-state index in [2.05, 4.69) is 32.1 Å². The van der Waals surface area contributed by atoms with E-state index in [1.807, 2.05) is 0 Å². The topological polar surface area (TPSA) is 90.9 Å². The fourth-order valence-electron chi connectivity index (χ4n) is 8.37. The van der Waals surface area contributed by atoms with Crippen LogP contribution in [0.3, 0.4) is 0 Å². The molecule has 4 aliphatic rings. The molecule has 0 aromatic rings. The highest BCUT2D eigenvalue weighted by molar-refractivity contribution is 5.80. The van der Waals surface area contributed by atoms with Crippen molar-refractivity contribution in [1.82, 2.24) is 0 Å². The summed E-state index contributed by atoms with van der Waals surface area (Å²) in [7, 11) is 0. The van der Waals surface area contributed by atoms with E-state index in [0.29, 0.717) is 17.8 Å². The predicted molar refractivity (Wildman–Crippen MR) is 115 cm³/mol. The Bertz CT molecular complexity index is 881. The van der Waals surface area contributed by atoms with Crippen molar-refractivity contribution in [2.45, 2.75) is 78.7 Å². The zero-order valence-electron chi connectivity index (χ0n) is 19.2. The summed E-state index contributed by atoms with van der Waals surface area (Å²) in [6.45, 7) is 7.79. The number of carbonyl (C=O) groups excluding carboxylic acids is 2. The highest BCUT2D eigenvalue weighted by Crippen LogP contribution is 2.68. The number of nitrogens with zero attached hydrogens (tertiary/aromatic N) is 2. The Balaban J connectivity index is 1.65. The number of hydrogen-bond acceptors (Lipinski definition) is 5. The smallest absolute Gasteiger partial charge is 0.302 e. The molecule has 5 nitrogen and oxygen atoms in total. The van der Waals surface area contributed by atoms with Gasteiger partial charge in [0.15, 0.2) is 0 Å². The third-order valence-electron chi connectivity index (χ3n) is 9.64. The van der Waals surface area contributed by atoms with Crippen molar-refractivity contribution in [3.63, 3.8) is 0 Å². The molecule has 0 aromatic carbocycles. The number of fused-ring (bicyclic) bond motifs is 5. The van der Waals surface area contributed by atoms with E-state index in [1.165, 1.54) is 12.5 Å². The van der Waals surface area contributed by atoms with E-state index in [-0.39, 0.29) is 40.5 Å². The van der Waals surface area contributed by atoms with Gasteiger partial charge in [-0.15, -0.1) is 0 Å². The average Bonchev–Trinajstić information content (AvgIpc) is 3.02. The minimum atomic E-state index is -0.709. The fourth-order valence-corrected chi connectivity index (χ4v) is 8.37. The van der Waals surface area contributed by atoms with Crippen LogP contribution in [-0.4, -0.2) is 17.9 Å². The van der Waals surface area contributed by atoms with Crippen LogP contribution in [0.4, 0.5) is 0 Å². The molecule has 0 bridgehead atoms. The molecule has 31 heavy (non-hydrogen) atoms. The maximum absolute atomic E-state index is 12.8. The van der Waals surface area contributed by atoms with E-state index in [9.17, 15) is 20.1 Å². The molecule has 0 spiro atoms. The molecule has 8 atom stereocenters. The van der Waals surface area contributed by atoms with Crippen molar-refractivity contribution in [2.24, 2.45) is 46.3 Å². The Morgan fingerprint density at radius 1 is 1.13 bits per heavy atom. The van der Waals surface area contributed by atoms with Crippen LogP contribution >= 0.6 is 0 Å². The molecule has 0 amide bonds. The maximum atomic E-state index is 12.8. The van der Waals surface area contributed by atoms with Gasteiger partial charge in [0.2, 0.25) is 0 Å². The van der Waals surface area contributed by atoms with Gasteiger partial charge in [-0.05, 0) is 80.0 Å². The molecule has 4 rings (SSSR count). The van der Waals surface area contributed by atoms with Gasteiger partial charge in [-0.25, -0.2) is 0 Å². The van der Waals surface area contributed by atoms with E-state index < -0.39 is 5.92 Å². The second kappa shape index (κ2) is 7.77. The van der Waals surface area contributed by atoms with Crippen LogP contribution in [-0.2, 0) is 14.3 Å². The van der Waals surface area contributed by atoms with Crippen LogP contribution in [0.5, 0.6) is 0 Å². The van der Waals surface area contributed by atoms with Gasteiger partial charge in [-0.3, -0.25) is 9.59 Å². The molecule has 5 heteroatoms. The first-order valence-corrected chi connectivity index (χ1v) is 11.8. The lowest BCUT2D eigenvalue weighted by molar-refractivity contribution is -0.149. The molecule has 0 saturated heterocycles. The lowest BCUT2D eigenvalue weighted by atomic mass is 9.47. The number of rotatable bonds is 3. The third-order valence-corrected chi connectivity index (χ3v) is 9.64. The summed E-state index contributed by atoms with van der Waals surface area (Å²) in [5, 5.41) is 19.2. The molecule has 3 saturated carbocycles. The molecule has 8 unspecified atom stereocenters. The monoisotopic (exact) mass is 422 g/mol. The summed E-state index contributed by atoms with van der Waals surface area (Å²) >= 11 is 0. The zero-order valence-corrected chi connectivity index (χ0v) is 19.2. The van der Waals surface area contributed by atoms with E-state index in [1.54, 1.807) is 6.92 Å². The van der Waals surface area contributed by atoms with Crippen LogP contribution in [0.2, 0.25) is 0 Å². The predicted octanol–water partition coefficient (Wildman–Crippen LogP) is 4.98. The van der Waals surface area contributed by atoms with Crippen molar-refractivity contribution in [2.75, 3.05) is 0 Å². The standard InChI is InChI=1S/C26H34N2O3/c1-15(29)24-21(17(13-27)14-28)12-23-20-6-5-18-11-19(31-16(2)30)7-9-25(18,3)22(20)8-10-26(23,24)4/h5,17,19-24H,6-12H2,1-4H3. The summed E-state index contributed by atoms with van der Waals surface area (Å²) in [6.07, 6.45) is 9.03. The fraction of sp³-hybridized carbons (Fsp3) is 0.769. The van der Waals surface area contributed by atoms with Crippen LogP contribution in [0.25, 0.3) is 0 Å². The maximum Gasteiger partial charge on any atom is 0.302 e. The van der Waals surface area contributed by atoms with Crippen LogP contribution in [0.15, 0.2) is 11.6 Å². The Hall–Kier alpha value is -2.14. The number of ketones is 1. The normalized spacial score (nSPS) is 43.5. The number of ether oxygens (including phenoxy) is 1. The Morgan fingerprint density at radius 2 is 1.84 bits per heavy atom. The molecule has 0 aliphatic heterocycles. The minimum Gasteiger partial charge on any atom is -0.462 e. The second-order valence-corrected chi connectivity index (χ2v) is 11.0. The van der Waals surface area contributed by atoms with Gasteiger partial charge < -0.3 is 4.74 Å². The SMILES string of the molecule is CC(=O)OC1CCC2(C)C(=CCC3C2CCC2(C)C3CC(C(C#N)C#N)C2C(C)=O)C1. The van der Waals surface area contributed by atoms with Gasteiger partial charge in [0.25, 0.3) is 0 Å². The Morgan fingerprint density at radius 3 is 2.45 bits per heavy atom. The molecule has 166 valence electrons. The highest BCUT2D eigenvalue weighted by atomic mass is 16.5. The molecule has 4 aliphatic carbocycles. The number of nitriles is 2. The lowest BCUT2D eigenvalue weighted by Gasteiger charge is -2.58. The van der Waals surface area contributed by atoms with E-state index >= 15 is 0 Å². The number of carbonyl (C=O) groups is 2. The van der Waals surface area contributed by atoms with Crippen molar-refractivity contribution in [3.05, 3.63) is 11.6 Å². The van der Waals surface area contributed by atoms with Gasteiger partial charge in [-0.1, -0.05) is 25.5 Å². The first kappa shape index (κ1) is 22.1. The molecule has 3 fully saturated rings. The quantitative estimate of drug-likeness (QED) is 0.473. The van der Waals surface area contributed by atoms with Crippen molar-refractivity contribution in [3.8, 4) is 12.1 Å². The first-order valence-electron chi connectivity index (χ1n) is 11.8. The minimum absolute atomic E-state index is 0.00722. The zero-order chi connectivity index (χ0) is 22.6. The van der Waals surface area contributed by atoms with Crippen molar-refractivity contribution >= 4 is 11.8 Å². The lowest BCUT2D eigenvalue weighted by Crippen LogP contribution is -2.51. The van der Waals surface area contributed by atoms with Crippen LogP contribution < -0.4 is 0 Å². The van der Waals surface area contributed by atoms with Gasteiger partial charge in [0.1, 0.15) is 17.8 Å². The molecule has 0 heterocycles. The Labute approximate surface area is 185 Å². The number of hydrogen-bond donors (Lipinski definition) is 0. The van der Waals surface area contributed by atoms with Crippen LogP contribution in [0, 0.1) is 69.0 Å². The molecule has 0 radical (unpaired) electrons. The number of esters is 1. The summed E-state index contributed by atoms with van der Waals surface area (Å²) < 4.78 is 5.53. The second-order valence-electron chi connectivity index (χ2n) is 11.0. The number of allylic oxidation sites excluding steroid dienone is 1. The summed E-state index contributed by atoms with van der Waals surface area (Å²) in [4.78, 5) is 24.2. The van der Waals surface area contributed by atoms with Gasteiger partial charge in [0, 0.05) is 19.3 Å². The largest absolute Gasteiger partial charge is 0.462 e. The summed E-state index contributed by atoms with van der Waals surface area (Å²) in [5.41, 5.74) is 1.44. The van der Waals surface area contributed by atoms with Gasteiger partial charge in [-0.2, -0.15) is 10.5 Å². The van der Waals surface area contributed by atoms with Crippen LogP contribution in [0.1, 0.15) is 72.6 Å². The molecule has 0 aromatic heterocycles. The average molecular weight is 423 g/mol. The summed E-state index contributed by atoms with van der Waals surface area (Å²) in [5.74, 6) is 0.298.